The summed E-state index contributed by atoms with van der Waals surface area (Å²) in [7, 11) is 2.18. The molecule has 0 radical (unpaired) electrons. The molecule has 0 aliphatic carbocycles. The SMILES string of the molecule is Cc1cc(C)c(CNC(C)C)c(N(C)C2CCOCC2)n1. The van der Waals surface area contributed by atoms with Gasteiger partial charge in [-0.05, 0) is 38.3 Å². The van der Waals surface area contributed by atoms with Crippen LogP contribution >= 0.6 is 0 Å². The van der Waals surface area contributed by atoms with Crippen LogP contribution in [0, 0.1) is 13.8 Å². The minimum Gasteiger partial charge on any atom is -0.381 e. The Hall–Kier alpha value is -1.13. The fourth-order valence-corrected chi connectivity index (χ4v) is 2.91. The van der Waals surface area contributed by atoms with Crippen LogP contribution in [0.3, 0.4) is 0 Å². The van der Waals surface area contributed by atoms with Gasteiger partial charge in [0, 0.05) is 50.1 Å². The van der Waals surface area contributed by atoms with Gasteiger partial charge in [0.1, 0.15) is 5.82 Å². The molecule has 0 atom stereocenters. The Balaban J connectivity index is 2.26. The van der Waals surface area contributed by atoms with Gasteiger partial charge in [-0.1, -0.05) is 13.8 Å². The van der Waals surface area contributed by atoms with Crippen LogP contribution in [0.15, 0.2) is 6.07 Å². The van der Waals surface area contributed by atoms with Gasteiger partial charge < -0.3 is 15.0 Å². The minimum absolute atomic E-state index is 0.479. The summed E-state index contributed by atoms with van der Waals surface area (Å²) in [4.78, 5) is 7.19. The maximum Gasteiger partial charge on any atom is 0.133 e. The van der Waals surface area contributed by atoms with Crippen molar-refractivity contribution in [1.82, 2.24) is 10.3 Å². The summed E-state index contributed by atoms with van der Waals surface area (Å²) in [6.45, 7) is 11.2. The topological polar surface area (TPSA) is 37.4 Å². The highest BCUT2D eigenvalue weighted by Gasteiger charge is 2.22. The zero-order valence-corrected chi connectivity index (χ0v) is 14.1. The van der Waals surface area contributed by atoms with Gasteiger partial charge in [0.2, 0.25) is 0 Å². The number of hydrogen-bond donors (Lipinski definition) is 1. The number of hydrogen-bond acceptors (Lipinski definition) is 4. The quantitative estimate of drug-likeness (QED) is 0.905. The van der Waals surface area contributed by atoms with E-state index in [-0.39, 0.29) is 0 Å². The van der Waals surface area contributed by atoms with Crippen molar-refractivity contribution in [3.8, 4) is 0 Å². The largest absolute Gasteiger partial charge is 0.381 e. The van der Waals surface area contributed by atoms with Gasteiger partial charge in [0.15, 0.2) is 0 Å². The van der Waals surface area contributed by atoms with E-state index in [0.29, 0.717) is 12.1 Å². The number of nitrogens with zero attached hydrogens (tertiary/aromatic N) is 2. The van der Waals surface area contributed by atoms with Gasteiger partial charge in [0.05, 0.1) is 0 Å². The van der Waals surface area contributed by atoms with Crippen molar-refractivity contribution >= 4 is 5.82 Å². The van der Waals surface area contributed by atoms with Crippen molar-refractivity contribution in [3.05, 3.63) is 22.9 Å². The minimum atomic E-state index is 0.479. The highest BCUT2D eigenvalue weighted by atomic mass is 16.5. The molecule has 4 nitrogen and oxygen atoms in total. The second-order valence-electron chi connectivity index (χ2n) is 6.37. The summed E-state index contributed by atoms with van der Waals surface area (Å²) >= 11 is 0. The molecule has 1 saturated heterocycles. The maximum absolute atomic E-state index is 5.48. The van der Waals surface area contributed by atoms with Crippen LogP contribution in [0.4, 0.5) is 5.82 Å². The summed E-state index contributed by atoms with van der Waals surface area (Å²) in [6.07, 6.45) is 2.17. The number of nitrogens with one attached hydrogen (secondary N) is 1. The van der Waals surface area contributed by atoms with E-state index in [1.807, 2.05) is 0 Å². The lowest BCUT2D eigenvalue weighted by Crippen LogP contribution is -2.38. The molecule has 0 unspecified atom stereocenters. The third-order valence-corrected chi connectivity index (χ3v) is 4.21. The summed E-state index contributed by atoms with van der Waals surface area (Å²) < 4.78 is 5.48. The number of ether oxygens (including phenoxy) is 1. The lowest BCUT2D eigenvalue weighted by atomic mass is 10.0. The Morgan fingerprint density at radius 3 is 2.62 bits per heavy atom. The molecule has 2 heterocycles. The fourth-order valence-electron chi connectivity index (χ4n) is 2.91. The molecule has 1 aliphatic rings. The van der Waals surface area contributed by atoms with Crippen molar-refractivity contribution in [2.75, 3.05) is 25.2 Å². The Kier molecular flexibility index (Phi) is 5.59. The normalized spacial score (nSPS) is 16.5. The zero-order chi connectivity index (χ0) is 15.4. The smallest absolute Gasteiger partial charge is 0.133 e. The van der Waals surface area contributed by atoms with Crippen LogP contribution in [0.2, 0.25) is 0 Å². The van der Waals surface area contributed by atoms with Crippen molar-refractivity contribution < 1.29 is 4.74 Å². The first-order valence-electron chi connectivity index (χ1n) is 8.00. The first kappa shape index (κ1) is 16.2. The molecule has 1 aromatic rings. The Bertz CT molecular complexity index is 467. The average molecular weight is 291 g/mol. The third-order valence-electron chi connectivity index (χ3n) is 4.21. The number of aromatic nitrogens is 1. The molecule has 4 heteroatoms. The van der Waals surface area contributed by atoms with Crippen LogP contribution < -0.4 is 10.2 Å². The highest BCUT2D eigenvalue weighted by molar-refractivity contribution is 5.52. The monoisotopic (exact) mass is 291 g/mol. The van der Waals surface area contributed by atoms with E-state index in [1.165, 1.54) is 11.1 Å². The standard InChI is InChI=1S/C17H29N3O/c1-12(2)18-11-16-13(3)10-14(4)19-17(16)20(5)15-6-8-21-9-7-15/h10,12,15,18H,6-9,11H2,1-5H3. The predicted octanol–water partition coefficient (Wildman–Crippen LogP) is 2.81. The van der Waals surface area contributed by atoms with E-state index in [1.54, 1.807) is 0 Å². The second-order valence-corrected chi connectivity index (χ2v) is 6.37. The highest BCUT2D eigenvalue weighted by Crippen LogP contribution is 2.26. The third kappa shape index (κ3) is 4.17. The molecular weight excluding hydrogens is 262 g/mol. The molecule has 2 rings (SSSR count). The Labute approximate surface area is 128 Å². The van der Waals surface area contributed by atoms with E-state index < -0.39 is 0 Å². The molecule has 21 heavy (non-hydrogen) atoms. The Morgan fingerprint density at radius 1 is 1.33 bits per heavy atom. The maximum atomic E-state index is 5.48. The number of aryl methyl sites for hydroxylation is 2. The number of anilines is 1. The van der Waals surface area contributed by atoms with Crippen LogP contribution in [-0.4, -0.2) is 37.3 Å². The second kappa shape index (κ2) is 7.23. The molecule has 118 valence electrons. The summed E-state index contributed by atoms with van der Waals surface area (Å²) in [5, 5.41) is 3.53. The van der Waals surface area contributed by atoms with E-state index >= 15 is 0 Å². The first-order chi connectivity index (χ1) is 9.99. The lowest BCUT2D eigenvalue weighted by Gasteiger charge is -2.34. The molecule has 0 aromatic carbocycles. The fraction of sp³-hybridized carbons (Fsp3) is 0.706. The summed E-state index contributed by atoms with van der Waals surface area (Å²) in [6, 6.07) is 3.19. The molecule has 1 fully saturated rings. The van der Waals surface area contributed by atoms with Gasteiger partial charge in [-0.15, -0.1) is 0 Å². The molecule has 1 N–H and O–H groups in total. The van der Waals surface area contributed by atoms with Gasteiger partial charge in [-0.25, -0.2) is 4.98 Å². The average Bonchev–Trinajstić information content (AvgIpc) is 2.45. The summed E-state index contributed by atoms with van der Waals surface area (Å²) in [5.41, 5.74) is 3.74. The molecule has 0 bridgehead atoms. The predicted molar refractivity (Wildman–Crippen MR) is 87.9 cm³/mol. The summed E-state index contributed by atoms with van der Waals surface area (Å²) in [5.74, 6) is 1.13. The molecule has 0 spiro atoms. The van der Waals surface area contributed by atoms with Gasteiger partial charge in [0.25, 0.3) is 0 Å². The van der Waals surface area contributed by atoms with Crippen molar-refractivity contribution in [2.45, 2.75) is 59.2 Å². The zero-order valence-electron chi connectivity index (χ0n) is 14.1. The molecule has 0 amide bonds. The molecule has 0 saturated carbocycles. The van der Waals surface area contributed by atoms with Crippen molar-refractivity contribution in [3.63, 3.8) is 0 Å². The van der Waals surface area contributed by atoms with E-state index in [9.17, 15) is 0 Å². The van der Waals surface area contributed by atoms with E-state index in [2.05, 4.69) is 51.0 Å². The first-order valence-corrected chi connectivity index (χ1v) is 8.00. The van der Waals surface area contributed by atoms with Crippen LogP contribution in [0.5, 0.6) is 0 Å². The number of pyridine rings is 1. The Morgan fingerprint density at radius 2 is 2.00 bits per heavy atom. The van der Waals surface area contributed by atoms with E-state index in [4.69, 9.17) is 9.72 Å². The van der Waals surface area contributed by atoms with Crippen LogP contribution in [0.1, 0.15) is 43.5 Å². The lowest BCUT2D eigenvalue weighted by molar-refractivity contribution is 0.0853. The van der Waals surface area contributed by atoms with Crippen LogP contribution in [0.25, 0.3) is 0 Å². The molecule has 1 aliphatic heterocycles. The van der Waals surface area contributed by atoms with Crippen molar-refractivity contribution in [2.24, 2.45) is 0 Å². The van der Waals surface area contributed by atoms with Crippen molar-refractivity contribution in [1.29, 1.82) is 0 Å². The molecular formula is C17H29N3O. The van der Waals surface area contributed by atoms with Gasteiger partial charge >= 0.3 is 0 Å². The van der Waals surface area contributed by atoms with Crippen LogP contribution in [-0.2, 0) is 11.3 Å². The van der Waals surface area contributed by atoms with E-state index in [0.717, 1.165) is 44.1 Å². The number of rotatable bonds is 5. The van der Waals surface area contributed by atoms with Gasteiger partial charge in [-0.2, -0.15) is 0 Å². The molecule has 1 aromatic heterocycles. The van der Waals surface area contributed by atoms with Gasteiger partial charge in [-0.3, -0.25) is 0 Å².